The maximum absolute atomic E-state index is 6.44. The van der Waals surface area contributed by atoms with Crippen LogP contribution in [0.4, 0.5) is 0 Å². The first-order valence-corrected chi connectivity index (χ1v) is 9.35. The van der Waals surface area contributed by atoms with Gasteiger partial charge in [-0.3, -0.25) is 0 Å². The largest absolute Gasteiger partial charge is 0.493 e. The molecule has 1 aliphatic rings. The van der Waals surface area contributed by atoms with Gasteiger partial charge in [-0.1, -0.05) is 31.9 Å². The molecule has 0 spiro atoms. The number of benzene rings is 2. The first-order valence-electron chi connectivity index (χ1n) is 6.69. The van der Waals surface area contributed by atoms with E-state index in [-0.39, 0.29) is 6.04 Å². The van der Waals surface area contributed by atoms with Gasteiger partial charge in [0.15, 0.2) is 0 Å². The minimum absolute atomic E-state index is 0.0444. The van der Waals surface area contributed by atoms with E-state index in [2.05, 4.69) is 78.7 Å². The Kier molecular flexibility index (Phi) is 4.93. The third-order valence-corrected chi connectivity index (χ3v) is 5.56. The van der Waals surface area contributed by atoms with E-state index in [0.717, 1.165) is 39.7 Å². The Morgan fingerprint density at radius 2 is 2.00 bits per heavy atom. The predicted molar refractivity (Wildman–Crippen MR) is 101 cm³/mol. The minimum Gasteiger partial charge on any atom is -0.493 e. The summed E-state index contributed by atoms with van der Waals surface area (Å²) in [4.78, 5) is 0. The summed E-state index contributed by atoms with van der Waals surface area (Å²) in [6, 6.07) is 10.4. The molecular formula is C16H14Br2INO. The number of halogens is 3. The summed E-state index contributed by atoms with van der Waals surface area (Å²) in [6.45, 7) is 0.766. The Balaban J connectivity index is 1.92. The van der Waals surface area contributed by atoms with Gasteiger partial charge in [0.1, 0.15) is 5.75 Å². The lowest BCUT2D eigenvalue weighted by Gasteiger charge is -2.17. The summed E-state index contributed by atoms with van der Waals surface area (Å²) < 4.78 is 9.13. The molecule has 1 heterocycles. The maximum Gasteiger partial charge on any atom is 0.125 e. The van der Waals surface area contributed by atoms with Gasteiger partial charge in [-0.15, -0.1) is 0 Å². The highest BCUT2D eigenvalue weighted by Crippen LogP contribution is 2.35. The quantitative estimate of drug-likeness (QED) is 0.576. The Morgan fingerprint density at radius 3 is 2.81 bits per heavy atom. The first kappa shape index (κ1) is 15.8. The van der Waals surface area contributed by atoms with Crippen LogP contribution in [0.2, 0.25) is 0 Å². The predicted octanol–water partition coefficient (Wildman–Crippen LogP) is 4.99. The molecule has 2 aromatic rings. The molecule has 2 nitrogen and oxygen atoms in total. The second-order valence-corrected chi connectivity index (χ2v) is 8.12. The molecule has 5 heteroatoms. The van der Waals surface area contributed by atoms with Crippen LogP contribution in [0.1, 0.15) is 22.7 Å². The highest BCUT2D eigenvalue weighted by molar-refractivity contribution is 14.1. The second-order valence-electron chi connectivity index (χ2n) is 5.13. The average molecular weight is 523 g/mol. The molecule has 0 saturated carbocycles. The van der Waals surface area contributed by atoms with Crippen molar-refractivity contribution in [2.75, 3.05) is 6.61 Å². The second kappa shape index (κ2) is 6.56. The van der Waals surface area contributed by atoms with Crippen LogP contribution >= 0.6 is 54.5 Å². The van der Waals surface area contributed by atoms with E-state index in [0.29, 0.717) is 0 Å². The summed E-state index contributed by atoms with van der Waals surface area (Å²) in [5.74, 6) is 1.03. The van der Waals surface area contributed by atoms with E-state index in [9.17, 15) is 0 Å². The Morgan fingerprint density at radius 1 is 1.19 bits per heavy atom. The fourth-order valence-electron chi connectivity index (χ4n) is 2.64. The zero-order chi connectivity index (χ0) is 15.0. The molecule has 1 atom stereocenters. The zero-order valence-corrected chi connectivity index (χ0v) is 16.5. The SMILES string of the molecule is NC(Cc1cc(Br)cc2c1OCC2)c1cc(Br)ccc1I. The normalized spacial score (nSPS) is 14.7. The lowest BCUT2D eigenvalue weighted by Crippen LogP contribution is -2.15. The molecule has 0 aromatic heterocycles. The summed E-state index contributed by atoms with van der Waals surface area (Å²) in [5, 5.41) is 0. The van der Waals surface area contributed by atoms with Crippen LogP contribution in [0.25, 0.3) is 0 Å². The molecule has 0 bridgehead atoms. The van der Waals surface area contributed by atoms with Crippen LogP contribution in [0.3, 0.4) is 0 Å². The molecule has 2 aromatic carbocycles. The van der Waals surface area contributed by atoms with Crippen molar-refractivity contribution < 1.29 is 4.74 Å². The summed E-state index contributed by atoms with van der Waals surface area (Å²) in [7, 11) is 0. The lowest BCUT2D eigenvalue weighted by molar-refractivity contribution is 0.352. The summed E-state index contributed by atoms with van der Waals surface area (Å²) in [6.07, 6.45) is 1.75. The molecule has 0 fully saturated rings. The van der Waals surface area contributed by atoms with Gasteiger partial charge in [-0.25, -0.2) is 0 Å². The van der Waals surface area contributed by atoms with E-state index >= 15 is 0 Å². The molecule has 0 saturated heterocycles. The third kappa shape index (κ3) is 3.46. The molecule has 0 aliphatic carbocycles. The third-order valence-electron chi connectivity index (χ3n) is 3.62. The van der Waals surface area contributed by atoms with Crippen LogP contribution in [-0.2, 0) is 12.8 Å². The van der Waals surface area contributed by atoms with Crippen LogP contribution in [-0.4, -0.2) is 6.61 Å². The molecule has 1 unspecified atom stereocenters. The van der Waals surface area contributed by atoms with Crippen molar-refractivity contribution in [1.82, 2.24) is 0 Å². The van der Waals surface area contributed by atoms with Crippen LogP contribution in [0, 0.1) is 3.57 Å². The number of hydrogen-bond acceptors (Lipinski definition) is 2. The summed E-state index contributed by atoms with van der Waals surface area (Å²) in [5.41, 5.74) is 10.1. The van der Waals surface area contributed by atoms with Crippen molar-refractivity contribution in [2.45, 2.75) is 18.9 Å². The van der Waals surface area contributed by atoms with E-state index in [1.54, 1.807) is 0 Å². The smallest absolute Gasteiger partial charge is 0.125 e. The first-order chi connectivity index (χ1) is 10.0. The lowest BCUT2D eigenvalue weighted by atomic mass is 9.97. The maximum atomic E-state index is 6.44. The number of hydrogen-bond donors (Lipinski definition) is 1. The van der Waals surface area contributed by atoms with E-state index in [1.807, 2.05) is 6.07 Å². The molecule has 3 rings (SSSR count). The molecule has 0 amide bonds. The number of rotatable bonds is 3. The zero-order valence-electron chi connectivity index (χ0n) is 11.2. The van der Waals surface area contributed by atoms with Gasteiger partial charge < -0.3 is 10.5 Å². The van der Waals surface area contributed by atoms with E-state index in [1.165, 1.54) is 14.7 Å². The highest BCUT2D eigenvalue weighted by atomic mass is 127. The van der Waals surface area contributed by atoms with Crippen LogP contribution in [0.5, 0.6) is 5.75 Å². The topological polar surface area (TPSA) is 35.2 Å². The average Bonchev–Trinajstić information content (AvgIpc) is 2.89. The Labute approximate surface area is 154 Å². The van der Waals surface area contributed by atoms with Crippen molar-refractivity contribution in [3.05, 3.63) is 59.5 Å². The molecule has 1 aliphatic heterocycles. The highest BCUT2D eigenvalue weighted by Gasteiger charge is 2.20. The standard InChI is InChI=1S/C16H14Br2INO/c17-11-1-2-14(19)13(8-11)15(20)7-10-6-12(18)5-9-3-4-21-16(9)10/h1-2,5-6,8,15H,3-4,7,20H2. The van der Waals surface area contributed by atoms with Gasteiger partial charge in [-0.2, -0.15) is 0 Å². The summed E-state index contributed by atoms with van der Waals surface area (Å²) >= 11 is 9.44. The fourth-order valence-corrected chi connectivity index (χ4v) is 4.31. The Bertz CT molecular complexity index is 690. The van der Waals surface area contributed by atoms with Crippen molar-refractivity contribution in [3.8, 4) is 5.75 Å². The molecule has 110 valence electrons. The van der Waals surface area contributed by atoms with Gasteiger partial charge in [-0.05, 0) is 76.0 Å². The molecular weight excluding hydrogens is 509 g/mol. The van der Waals surface area contributed by atoms with Crippen molar-refractivity contribution in [1.29, 1.82) is 0 Å². The van der Waals surface area contributed by atoms with Crippen molar-refractivity contribution in [2.24, 2.45) is 5.73 Å². The minimum atomic E-state index is -0.0444. The van der Waals surface area contributed by atoms with E-state index in [4.69, 9.17) is 10.5 Å². The number of fused-ring (bicyclic) bond motifs is 1. The van der Waals surface area contributed by atoms with Gasteiger partial charge in [0.05, 0.1) is 6.61 Å². The van der Waals surface area contributed by atoms with Crippen molar-refractivity contribution in [3.63, 3.8) is 0 Å². The van der Waals surface area contributed by atoms with Crippen molar-refractivity contribution >= 4 is 54.5 Å². The van der Waals surface area contributed by atoms with Crippen LogP contribution < -0.4 is 10.5 Å². The van der Waals surface area contributed by atoms with Crippen LogP contribution in [0.15, 0.2) is 39.3 Å². The van der Waals surface area contributed by atoms with Gasteiger partial charge >= 0.3 is 0 Å². The molecule has 21 heavy (non-hydrogen) atoms. The number of nitrogens with two attached hydrogens (primary N) is 1. The van der Waals surface area contributed by atoms with Gasteiger partial charge in [0.25, 0.3) is 0 Å². The monoisotopic (exact) mass is 521 g/mol. The fraction of sp³-hybridized carbons (Fsp3) is 0.250. The molecule has 2 N–H and O–H groups in total. The molecule has 0 radical (unpaired) electrons. The number of ether oxygens (including phenoxy) is 1. The van der Waals surface area contributed by atoms with Gasteiger partial charge in [0.2, 0.25) is 0 Å². The van der Waals surface area contributed by atoms with E-state index < -0.39 is 0 Å². The Hall–Kier alpha value is -0.110. The van der Waals surface area contributed by atoms with Gasteiger partial charge in [0, 0.05) is 25.0 Å².